The molecule has 1 unspecified atom stereocenters. The van der Waals surface area contributed by atoms with E-state index in [1.807, 2.05) is 0 Å². The van der Waals surface area contributed by atoms with Gasteiger partial charge in [-0.25, -0.2) is 9.18 Å². The van der Waals surface area contributed by atoms with Crippen LogP contribution in [0.15, 0.2) is 18.2 Å². The highest BCUT2D eigenvalue weighted by Gasteiger charge is 2.30. The number of nitrogens with one attached hydrogen (secondary N) is 1. The zero-order valence-electron chi connectivity index (χ0n) is 10.6. The van der Waals surface area contributed by atoms with Crippen LogP contribution >= 0.6 is 0 Å². The minimum atomic E-state index is -1.08. The molecule has 0 aliphatic heterocycles. The lowest BCUT2D eigenvalue weighted by Crippen LogP contribution is -2.41. The first-order valence-electron chi connectivity index (χ1n) is 6.27. The van der Waals surface area contributed by atoms with Gasteiger partial charge in [-0.1, -0.05) is 24.5 Å². The molecule has 5 heteroatoms. The summed E-state index contributed by atoms with van der Waals surface area (Å²) in [5, 5.41) is 11.5. The smallest absolute Gasteiger partial charge is 0.326 e. The first-order chi connectivity index (χ1) is 8.97. The van der Waals surface area contributed by atoms with Gasteiger partial charge in [0.05, 0.1) is 5.56 Å². The van der Waals surface area contributed by atoms with Crippen LogP contribution < -0.4 is 5.32 Å². The maximum absolute atomic E-state index is 13.5. The molecule has 0 aromatic heterocycles. The summed E-state index contributed by atoms with van der Waals surface area (Å²) in [7, 11) is 0. The van der Waals surface area contributed by atoms with Crippen LogP contribution in [0.1, 0.15) is 35.2 Å². The highest BCUT2D eigenvalue weighted by Crippen LogP contribution is 2.33. The average molecular weight is 265 g/mol. The number of carboxylic acids is 1. The fourth-order valence-electron chi connectivity index (χ4n) is 1.96. The van der Waals surface area contributed by atoms with Gasteiger partial charge in [0.25, 0.3) is 5.91 Å². The summed E-state index contributed by atoms with van der Waals surface area (Å²) in [6.45, 7) is 1.75. The van der Waals surface area contributed by atoms with E-state index in [1.165, 1.54) is 12.1 Å². The van der Waals surface area contributed by atoms with E-state index in [9.17, 15) is 14.0 Å². The molecular formula is C14H16FNO3. The Morgan fingerprint density at radius 3 is 2.74 bits per heavy atom. The van der Waals surface area contributed by atoms with Crippen LogP contribution in [0, 0.1) is 18.7 Å². The van der Waals surface area contributed by atoms with Crippen molar-refractivity contribution >= 4 is 11.9 Å². The molecule has 19 heavy (non-hydrogen) atoms. The monoisotopic (exact) mass is 265 g/mol. The first-order valence-corrected chi connectivity index (χ1v) is 6.27. The second-order valence-corrected chi connectivity index (χ2v) is 5.03. The van der Waals surface area contributed by atoms with E-state index < -0.39 is 23.7 Å². The zero-order valence-corrected chi connectivity index (χ0v) is 10.6. The molecule has 1 fully saturated rings. The first kappa shape index (κ1) is 13.5. The predicted octanol–water partition coefficient (Wildman–Crippen LogP) is 2.12. The molecule has 4 nitrogen and oxygen atoms in total. The molecule has 0 saturated heterocycles. The van der Waals surface area contributed by atoms with E-state index in [0.29, 0.717) is 12.3 Å². The molecule has 0 bridgehead atoms. The van der Waals surface area contributed by atoms with Gasteiger partial charge in [-0.15, -0.1) is 0 Å². The number of carboxylic acid groups (broad SMARTS) is 1. The van der Waals surface area contributed by atoms with E-state index in [-0.39, 0.29) is 5.56 Å². The second kappa shape index (κ2) is 5.38. The summed E-state index contributed by atoms with van der Waals surface area (Å²) in [6, 6.07) is 3.24. The quantitative estimate of drug-likeness (QED) is 0.857. The Labute approximate surface area is 110 Å². The highest BCUT2D eigenvalue weighted by atomic mass is 19.1. The van der Waals surface area contributed by atoms with Gasteiger partial charge in [0, 0.05) is 0 Å². The number of hydrogen-bond acceptors (Lipinski definition) is 2. The third-order valence-corrected chi connectivity index (χ3v) is 3.24. The highest BCUT2D eigenvalue weighted by molar-refractivity contribution is 5.97. The van der Waals surface area contributed by atoms with Crippen LogP contribution in [0.4, 0.5) is 4.39 Å². The van der Waals surface area contributed by atoms with Crippen LogP contribution in [-0.2, 0) is 4.79 Å². The van der Waals surface area contributed by atoms with Crippen LogP contribution in [0.25, 0.3) is 0 Å². The molecule has 0 spiro atoms. The maximum Gasteiger partial charge on any atom is 0.326 e. The number of aliphatic carboxylic acids is 1. The van der Waals surface area contributed by atoms with Gasteiger partial charge in [0.1, 0.15) is 11.9 Å². The van der Waals surface area contributed by atoms with Gasteiger partial charge in [-0.2, -0.15) is 0 Å². The average Bonchev–Trinajstić information content (AvgIpc) is 3.15. The van der Waals surface area contributed by atoms with Crippen LogP contribution in [0.3, 0.4) is 0 Å². The molecule has 0 heterocycles. The van der Waals surface area contributed by atoms with Crippen molar-refractivity contribution in [1.29, 1.82) is 0 Å². The van der Waals surface area contributed by atoms with E-state index >= 15 is 0 Å². The summed E-state index contributed by atoms with van der Waals surface area (Å²) in [6.07, 6.45) is 2.41. The molecular weight excluding hydrogens is 249 g/mol. The van der Waals surface area contributed by atoms with Crippen molar-refractivity contribution in [1.82, 2.24) is 5.32 Å². The normalized spacial score (nSPS) is 15.9. The standard InChI is InChI=1S/C14H16FNO3/c1-8-2-5-11(15)10(6-8)13(17)16-12(14(18)19)7-9-3-4-9/h2,5-6,9,12H,3-4,7H2,1H3,(H,16,17)(H,18,19). The Bertz CT molecular complexity index is 511. The third kappa shape index (κ3) is 3.53. The number of carbonyl (C=O) groups is 2. The van der Waals surface area contributed by atoms with Crippen LogP contribution in [0.5, 0.6) is 0 Å². The van der Waals surface area contributed by atoms with Crippen molar-refractivity contribution < 1.29 is 19.1 Å². The Kier molecular flexibility index (Phi) is 3.83. The molecule has 1 aromatic rings. The van der Waals surface area contributed by atoms with Crippen molar-refractivity contribution in [3.05, 3.63) is 35.1 Å². The summed E-state index contributed by atoms with van der Waals surface area (Å²) in [5.41, 5.74) is 0.641. The van der Waals surface area contributed by atoms with Gasteiger partial charge in [0.2, 0.25) is 0 Å². The van der Waals surface area contributed by atoms with E-state index in [4.69, 9.17) is 5.11 Å². The molecule has 1 atom stereocenters. The second-order valence-electron chi connectivity index (χ2n) is 5.03. The molecule has 0 radical (unpaired) electrons. The predicted molar refractivity (Wildman–Crippen MR) is 67.4 cm³/mol. The lowest BCUT2D eigenvalue weighted by atomic mass is 10.1. The zero-order chi connectivity index (χ0) is 14.0. The van der Waals surface area contributed by atoms with Crippen LogP contribution in [0.2, 0.25) is 0 Å². The Balaban J connectivity index is 2.09. The number of aryl methyl sites for hydroxylation is 1. The molecule has 1 aliphatic carbocycles. The Hall–Kier alpha value is -1.91. The fraction of sp³-hybridized carbons (Fsp3) is 0.429. The fourth-order valence-corrected chi connectivity index (χ4v) is 1.96. The third-order valence-electron chi connectivity index (χ3n) is 3.24. The van der Waals surface area contributed by atoms with Crippen LogP contribution in [-0.4, -0.2) is 23.0 Å². The number of rotatable bonds is 5. The Morgan fingerprint density at radius 2 is 2.16 bits per heavy atom. The lowest BCUT2D eigenvalue weighted by Gasteiger charge is -2.14. The van der Waals surface area contributed by atoms with Crippen molar-refractivity contribution in [3.8, 4) is 0 Å². The molecule has 1 aromatic carbocycles. The number of halogens is 1. The molecule has 102 valence electrons. The topological polar surface area (TPSA) is 66.4 Å². The number of carbonyl (C=O) groups excluding carboxylic acids is 1. The summed E-state index contributed by atoms with van der Waals surface area (Å²) in [5.74, 6) is -2.02. The number of hydrogen-bond donors (Lipinski definition) is 2. The van der Waals surface area contributed by atoms with Crippen molar-refractivity contribution in [2.75, 3.05) is 0 Å². The van der Waals surface area contributed by atoms with Crippen molar-refractivity contribution in [2.45, 2.75) is 32.2 Å². The van der Waals surface area contributed by atoms with Crippen molar-refractivity contribution in [2.24, 2.45) is 5.92 Å². The van der Waals surface area contributed by atoms with E-state index in [1.54, 1.807) is 13.0 Å². The van der Waals surface area contributed by atoms with Gasteiger partial charge in [-0.3, -0.25) is 4.79 Å². The van der Waals surface area contributed by atoms with Gasteiger partial charge >= 0.3 is 5.97 Å². The lowest BCUT2D eigenvalue weighted by molar-refractivity contribution is -0.139. The van der Waals surface area contributed by atoms with Crippen molar-refractivity contribution in [3.63, 3.8) is 0 Å². The number of benzene rings is 1. The molecule has 2 rings (SSSR count). The Morgan fingerprint density at radius 1 is 1.47 bits per heavy atom. The van der Waals surface area contributed by atoms with E-state index in [0.717, 1.165) is 18.4 Å². The van der Waals surface area contributed by atoms with Gasteiger partial charge in [-0.05, 0) is 31.4 Å². The largest absolute Gasteiger partial charge is 0.480 e. The van der Waals surface area contributed by atoms with E-state index in [2.05, 4.69) is 5.32 Å². The SMILES string of the molecule is Cc1ccc(F)c(C(=O)NC(CC2CC2)C(=O)O)c1. The summed E-state index contributed by atoms with van der Waals surface area (Å²) in [4.78, 5) is 23.0. The van der Waals surface area contributed by atoms with Gasteiger partial charge in [0.15, 0.2) is 0 Å². The minimum absolute atomic E-state index is 0.109. The summed E-state index contributed by atoms with van der Waals surface area (Å²) >= 11 is 0. The summed E-state index contributed by atoms with van der Waals surface area (Å²) < 4.78 is 13.5. The number of amides is 1. The molecule has 1 saturated carbocycles. The molecule has 1 amide bonds. The molecule has 2 N–H and O–H groups in total. The maximum atomic E-state index is 13.5. The molecule has 1 aliphatic rings. The van der Waals surface area contributed by atoms with Gasteiger partial charge < -0.3 is 10.4 Å². The minimum Gasteiger partial charge on any atom is -0.480 e.